The zero-order valence-electron chi connectivity index (χ0n) is 20.9. The maximum Gasteiger partial charge on any atom is 0.246 e. The number of furan rings is 1. The summed E-state index contributed by atoms with van der Waals surface area (Å²) < 4.78 is 11.7. The number of amides is 1. The number of phenolic OH excluding ortho intramolecular Hbond substituents is 1. The van der Waals surface area contributed by atoms with Crippen molar-refractivity contribution in [2.75, 3.05) is 20.1 Å². The van der Waals surface area contributed by atoms with Crippen LogP contribution in [0, 0.1) is 11.8 Å². The lowest BCUT2D eigenvalue weighted by atomic mass is 9.45. The number of piperidine rings is 1. The van der Waals surface area contributed by atoms with Gasteiger partial charge in [-0.3, -0.25) is 9.69 Å². The summed E-state index contributed by atoms with van der Waals surface area (Å²) in [7, 11) is 1.83. The molecular formula is C29H34N2O5. The van der Waals surface area contributed by atoms with Crippen LogP contribution in [0.4, 0.5) is 0 Å². The van der Waals surface area contributed by atoms with Crippen LogP contribution in [0.2, 0.25) is 0 Å². The van der Waals surface area contributed by atoms with Crippen molar-refractivity contribution < 1.29 is 24.2 Å². The van der Waals surface area contributed by atoms with E-state index in [1.54, 1.807) is 35.6 Å². The van der Waals surface area contributed by atoms with Crippen molar-refractivity contribution in [3.8, 4) is 11.5 Å². The first-order valence-corrected chi connectivity index (χ1v) is 13.3. The van der Waals surface area contributed by atoms with E-state index in [4.69, 9.17) is 9.15 Å². The molecule has 190 valence electrons. The van der Waals surface area contributed by atoms with E-state index in [1.807, 2.05) is 19.2 Å². The quantitative estimate of drug-likeness (QED) is 0.626. The largest absolute Gasteiger partial charge is 0.504 e. The fourth-order valence-corrected chi connectivity index (χ4v) is 8.07. The van der Waals surface area contributed by atoms with Gasteiger partial charge in [-0.15, -0.1) is 0 Å². The number of ether oxygens (including phenoxy) is 1. The number of likely N-dealkylation sites (tertiary alicyclic amines) is 1. The average Bonchev–Trinajstić information content (AvgIpc) is 3.38. The molecule has 2 aliphatic heterocycles. The van der Waals surface area contributed by atoms with E-state index in [0.29, 0.717) is 12.2 Å². The average molecular weight is 491 g/mol. The van der Waals surface area contributed by atoms with Crippen molar-refractivity contribution in [2.24, 2.45) is 11.8 Å². The summed E-state index contributed by atoms with van der Waals surface area (Å²) in [5, 5.41) is 23.7. The van der Waals surface area contributed by atoms with Crippen molar-refractivity contribution in [3.63, 3.8) is 0 Å². The summed E-state index contributed by atoms with van der Waals surface area (Å²) in [5.41, 5.74) is 1.36. The van der Waals surface area contributed by atoms with Crippen LogP contribution in [-0.2, 0) is 16.6 Å². The van der Waals surface area contributed by atoms with Crippen molar-refractivity contribution in [2.45, 2.75) is 68.2 Å². The molecule has 2 bridgehead atoms. The van der Waals surface area contributed by atoms with E-state index in [2.05, 4.69) is 11.8 Å². The van der Waals surface area contributed by atoms with Crippen molar-refractivity contribution in [1.29, 1.82) is 0 Å². The Hall–Kier alpha value is -2.77. The molecule has 6 atom stereocenters. The Labute approximate surface area is 211 Å². The van der Waals surface area contributed by atoms with E-state index < -0.39 is 17.1 Å². The second-order valence-corrected chi connectivity index (χ2v) is 11.7. The van der Waals surface area contributed by atoms with Gasteiger partial charge < -0.3 is 24.3 Å². The molecular weight excluding hydrogens is 456 g/mol. The van der Waals surface area contributed by atoms with Crippen LogP contribution < -0.4 is 4.74 Å². The zero-order chi connectivity index (χ0) is 24.8. The molecule has 3 heterocycles. The van der Waals surface area contributed by atoms with Crippen molar-refractivity contribution in [3.05, 3.63) is 53.5 Å². The SMILES string of the molecule is C[C@H]1C[C@H](N(C)C(=O)/C=C/c2ccoc2)[C@H]2Oc3c(O)ccc4c3[C@@]23CCN(CC2CC2)[C@H](C4)[C@]13O. The highest BCUT2D eigenvalue weighted by molar-refractivity contribution is 5.92. The Morgan fingerprint density at radius 3 is 2.89 bits per heavy atom. The van der Waals surface area contributed by atoms with Crippen LogP contribution >= 0.6 is 0 Å². The zero-order valence-corrected chi connectivity index (χ0v) is 20.9. The van der Waals surface area contributed by atoms with E-state index in [9.17, 15) is 15.0 Å². The van der Waals surface area contributed by atoms with Crippen LogP contribution in [0.3, 0.4) is 0 Å². The third-order valence-electron chi connectivity index (χ3n) is 9.96. The highest BCUT2D eigenvalue weighted by Gasteiger charge is 2.75. The first kappa shape index (κ1) is 22.4. The normalized spacial score (nSPS) is 36.5. The molecule has 7 rings (SSSR count). The standard InChI is InChI=1S/C29H34N2O5/c1-17-13-21(30(2)24(33)8-5-19-9-12-35-16-19)27-28-10-11-31(15-18-3-4-18)23(29(17,28)34)14-20-6-7-22(32)26(36-27)25(20)28/h5-9,12,16-18,21,23,27,32,34H,3-4,10-11,13-15H2,1-2H3/b8-5+/t17-,21-,23+,27+,28-,29+/m0/s1. The smallest absolute Gasteiger partial charge is 0.246 e. The van der Waals surface area contributed by atoms with Crippen LogP contribution in [0.5, 0.6) is 11.5 Å². The van der Waals surface area contributed by atoms with Gasteiger partial charge in [0.2, 0.25) is 5.91 Å². The highest BCUT2D eigenvalue weighted by atomic mass is 16.5. The van der Waals surface area contributed by atoms with E-state index >= 15 is 0 Å². The number of aromatic hydroxyl groups is 1. The van der Waals surface area contributed by atoms with Gasteiger partial charge in [0.05, 0.1) is 29.6 Å². The molecule has 7 nitrogen and oxygen atoms in total. The fraction of sp³-hybridized carbons (Fsp3) is 0.552. The minimum atomic E-state index is -0.982. The highest BCUT2D eigenvalue weighted by Crippen LogP contribution is 2.67. The molecule has 2 N–H and O–H groups in total. The lowest BCUT2D eigenvalue weighted by Crippen LogP contribution is -2.80. The summed E-state index contributed by atoms with van der Waals surface area (Å²) in [5.74, 6) is 1.23. The van der Waals surface area contributed by atoms with Gasteiger partial charge >= 0.3 is 0 Å². The van der Waals surface area contributed by atoms with Gasteiger partial charge in [0.25, 0.3) is 0 Å². The van der Waals surface area contributed by atoms with Gasteiger partial charge in [-0.1, -0.05) is 13.0 Å². The predicted octanol–water partition coefficient (Wildman–Crippen LogP) is 3.34. The first-order chi connectivity index (χ1) is 17.3. The van der Waals surface area contributed by atoms with Gasteiger partial charge in [0.15, 0.2) is 11.5 Å². The van der Waals surface area contributed by atoms with Crippen LogP contribution in [0.25, 0.3) is 6.08 Å². The Balaban J connectivity index is 1.31. The van der Waals surface area contributed by atoms with Gasteiger partial charge in [-0.05, 0) is 74.3 Å². The number of benzene rings is 1. The van der Waals surface area contributed by atoms with Gasteiger partial charge in [-0.2, -0.15) is 0 Å². The number of hydrogen-bond donors (Lipinski definition) is 2. The molecule has 1 aromatic heterocycles. The summed E-state index contributed by atoms with van der Waals surface area (Å²) in [6.07, 6.45) is 10.8. The number of carbonyl (C=O) groups excluding carboxylic acids is 1. The van der Waals surface area contributed by atoms with E-state index in [-0.39, 0.29) is 29.7 Å². The Morgan fingerprint density at radius 1 is 1.31 bits per heavy atom. The maximum absolute atomic E-state index is 13.3. The summed E-state index contributed by atoms with van der Waals surface area (Å²) in [6.45, 7) is 4.08. The summed E-state index contributed by atoms with van der Waals surface area (Å²) in [4.78, 5) is 17.6. The third-order valence-corrected chi connectivity index (χ3v) is 9.96. The molecule has 1 amide bonds. The molecule has 1 spiro atoms. The summed E-state index contributed by atoms with van der Waals surface area (Å²) >= 11 is 0. The molecule has 7 heteroatoms. The molecule has 2 aromatic rings. The lowest BCUT2D eigenvalue weighted by molar-refractivity contribution is -0.224. The molecule has 36 heavy (non-hydrogen) atoms. The number of nitrogens with zero attached hydrogens (tertiary/aromatic N) is 2. The topological polar surface area (TPSA) is 86.4 Å². The van der Waals surface area contributed by atoms with Gasteiger partial charge in [0.1, 0.15) is 6.10 Å². The van der Waals surface area contributed by atoms with Crippen LogP contribution in [0.1, 0.15) is 49.3 Å². The molecule has 5 aliphatic rings. The Bertz CT molecular complexity index is 1240. The lowest BCUT2D eigenvalue weighted by Gasteiger charge is -2.67. The second-order valence-electron chi connectivity index (χ2n) is 11.7. The van der Waals surface area contributed by atoms with Crippen LogP contribution in [-0.4, -0.2) is 69.8 Å². The minimum Gasteiger partial charge on any atom is -0.504 e. The number of rotatable bonds is 5. The number of phenols is 1. The molecule has 1 saturated heterocycles. The molecule has 3 aliphatic carbocycles. The van der Waals surface area contributed by atoms with E-state index in [0.717, 1.165) is 43.0 Å². The number of carbonyl (C=O) groups is 1. The number of likely N-dealkylation sites (N-methyl/N-ethyl adjacent to an activating group) is 1. The Kier molecular flexibility index (Phi) is 4.75. The van der Waals surface area contributed by atoms with Gasteiger partial charge in [-0.25, -0.2) is 0 Å². The van der Waals surface area contributed by atoms with Gasteiger partial charge in [0, 0.05) is 36.8 Å². The fourth-order valence-electron chi connectivity index (χ4n) is 8.07. The second kappa shape index (κ2) is 7.62. The monoisotopic (exact) mass is 490 g/mol. The molecule has 3 fully saturated rings. The first-order valence-electron chi connectivity index (χ1n) is 13.3. The third kappa shape index (κ3) is 2.84. The number of hydrogen-bond acceptors (Lipinski definition) is 6. The molecule has 2 saturated carbocycles. The minimum absolute atomic E-state index is 0.0129. The summed E-state index contributed by atoms with van der Waals surface area (Å²) in [6, 6.07) is 5.35. The molecule has 0 radical (unpaired) electrons. The van der Waals surface area contributed by atoms with Crippen molar-refractivity contribution >= 4 is 12.0 Å². The van der Waals surface area contributed by atoms with Crippen LogP contribution in [0.15, 0.2) is 41.2 Å². The predicted molar refractivity (Wildman–Crippen MR) is 134 cm³/mol. The molecule has 0 unspecified atom stereocenters. The number of aliphatic hydroxyl groups is 1. The Morgan fingerprint density at radius 2 is 2.14 bits per heavy atom. The van der Waals surface area contributed by atoms with E-state index in [1.165, 1.54) is 18.4 Å². The van der Waals surface area contributed by atoms with Crippen molar-refractivity contribution in [1.82, 2.24) is 9.80 Å². The molecule has 1 aromatic carbocycles. The maximum atomic E-state index is 13.3.